The third-order valence-corrected chi connectivity index (χ3v) is 7.03. The van der Waals surface area contributed by atoms with Gasteiger partial charge in [-0.25, -0.2) is 0 Å². The standard InChI is InChI=1S/C26H30N2O3/c1-25(2)12-20-13-26(3,16-25)17-28(20)24(30)19-10-8-18(9-11-19)14-27-21-6-4-5-7-22(21)31-15-23(27)29/h4-11,20H,12-17H2,1-3H3. The zero-order chi connectivity index (χ0) is 21.8. The number of fused-ring (bicyclic) bond motifs is 3. The van der Waals surface area contributed by atoms with Crippen LogP contribution in [0.5, 0.6) is 5.75 Å². The Bertz CT molecular complexity index is 1030. The lowest BCUT2D eigenvalue weighted by molar-refractivity contribution is -0.121. The summed E-state index contributed by atoms with van der Waals surface area (Å²) in [6.45, 7) is 8.34. The van der Waals surface area contributed by atoms with Gasteiger partial charge in [-0.2, -0.15) is 0 Å². The summed E-state index contributed by atoms with van der Waals surface area (Å²) in [6, 6.07) is 15.7. The zero-order valence-electron chi connectivity index (χ0n) is 18.6. The molecule has 2 atom stereocenters. The number of hydrogen-bond donors (Lipinski definition) is 0. The van der Waals surface area contributed by atoms with Crippen LogP contribution in [-0.4, -0.2) is 35.9 Å². The van der Waals surface area contributed by atoms with E-state index in [9.17, 15) is 9.59 Å². The molecular formula is C26H30N2O3. The van der Waals surface area contributed by atoms with Gasteiger partial charge in [0.25, 0.3) is 11.8 Å². The predicted octanol–water partition coefficient (Wildman–Crippen LogP) is 4.65. The average Bonchev–Trinajstić information content (AvgIpc) is 2.98. The van der Waals surface area contributed by atoms with Crippen molar-refractivity contribution in [2.75, 3.05) is 18.1 Å². The molecule has 0 N–H and O–H groups in total. The van der Waals surface area contributed by atoms with Crippen molar-refractivity contribution in [3.05, 3.63) is 59.7 Å². The second-order valence-electron chi connectivity index (χ2n) is 10.6. The molecule has 5 rings (SSSR count). The first-order valence-corrected chi connectivity index (χ1v) is 11.2. The molecule has 3 aliphatic rings. The molecule has 2 bridgehead atoms. The first-order valence-electron chi connectivity index (χ1n) is 11.2. The van der Waals surface area contributed by atoms with Gasteiger partial charge in [-0.3, -0.25) is 9.59 Å². The van der Waals surface area contributed by atoms with Gasteiger partial charge in [0.2, 0.25) is 0 Å². The van der Waals surface area contributed by atoms with Crippen LogP contribution in [0.1, 0.15) is 56.0 Å². The minimum absolute atomic E-state index is 0.0546. The SMILES string of the molecule is CC1(C)CC2CC(C)(CN2C(=O)c2ccc(CN3C(=O)COc4ccccc43)cc2)C1. The number of benzene rings is 2. The molecule has 31 heavy (non-hydrogen) atoms. The van der Waals surface area contributed by atoms with E-state index in [0.29, 0.717) is 12.6 Å². The number of ether oxygens (including phenoxy) is 1. The number of likely N-dealkylation sites (tertiary alicyclic amines) is 1. The summed E-state index contributed by atoms with van der Waals surface area (Å²) < 4.78 is 5.53. The van der Waals surface area contributed by atoms with Gasteiger partial charge in [0, 0.05) is 18.2 Å². The van der Waals surface area contributed by atoms with Crippen LogP contribution >= 0.6 is 0 Å². The topological polar surface area (TPSA) is 49.9 Å². The molecule has 2 unspecified atom stereocenters. The summed E-state index contributed by atoms with van der Waals surface area (Å²) in [5, 5.41) is 0. The van der Waals surface area contributed by atoms with E-state index in [4.69, 9.17) is 4.74 Å². The summed E-state index contributed by atoms with van der Waals surface area (Å²) in [5.41, 5.74) is 3.03. The third kappa shape index (κ3) is 3.71. The smallest absolute Gasteiger partial charge is 0.265 e. The number of anilines is 1. The summed E-state index contributed by atoms with van der Waals surface area (Å²) in [7, 11) is 0. The van der Waals surface area contributed by atoms with Crippen molar-refractivity contribution in [1.82, 2.24) is 4.90 Å². The Kier molecular flexibility index (Phi) is 4.61. The normalized spacial score (nSPS) is 26.4. The molecule has 5 heteroatoms. The number of para-hydroxylation sites is 2. The Morgan fingerprint density at radius 3 is 2.58 bits per heavy atom. The van der Waals surface area contributed by atoms with Crippen LogP contribution in [0.4, 0.5) is 5.69 Å². The molecule has 1 saturated carbocycles. The van der Waals surface area contributed by atoms with E-state index < -0.39 is 0 Å². The Morgan fingerprint density at radius 1 is 1.06 bits per heavy atom. The van der Waals surface area contributed by atoms with Gasteiger partial charge in [0.15, 0.2) is 6.61 Å². The Labute approximate surface area is 184 Å². The zero-order valence-corrected chi connectivity index (χ0v) is 18.6. The number of amides is 2. The summed E-state index contributed by atoms with van der Waals surface area (Å²) in [4.78, 5) is 29.6. The second kappa shape index (κ2) is 7.11. The predicted molar refractivity (Wildman–Crippen MR) is 120 cm³/mol. The lowest BCUT2D eigenvalue weighted by Gasteiger charge is -2.39. The number of carbonyl (C=O) groups is 2. The van der Waals surface area contributed by atoms with Gasteiger partial charge >= 0.3 is 0 Å². The number of hydrogen-bond acceptors (Lipinski definition) is 3. The Balaban J connectivity index is 1.32. The molecule has 0 aromatic heterocycles. The van der Waals surface area contributed by atoms with Crippen LogP contribution in [-0.2, 0) is 11.3 Å². The van der Waals surface area contributed by atoms with E-state index in [1.54, 1.807) is 4.90 Å². The molecule has 2 amide bonds. The number of rotatable bonds is 3. The van der Waals surface area contributed by atoms with Crippen molar-refractivity contribution in [2.45, 2.75) is 52.6 Å². The van der Waals surface area contributed by atoms with E-state index in [2.05, 4.69) is 25.7 Å². The van der Waals surface area contributed by atoms with Gasteiger partial charge < -0.3 is 14.5 Å². The van der Waals surface area contributed by atoms with E-state index in [1.165, 1.54) is 6.42 Å². The molecule has 162 valence electrons. The molecular weight excluding hydrogens is 388 g/mol. The fraction of sp³-hybridized carbons (Fsp3) is 0.462. The lowest BCUT2D eigenvalue weighted by atomic mass is 9.65. The largest absolute Gasteiger partial charge is 0.482 e. The molecule has 2 aromatic rings. The molecule has 2 aromatic carbocycles. The van der Waals surface area contributed by atoms with Gasteiger partial charge in [-0.1, -0.05) is 45.0 Å². The minimum atomic E-state index is -0.0564. The molecule has 2 heterocycles. The molecule has 5 nitrogen and oxygen atoms in total. The van der Waals surface area contributed by atoms with Crippen molar-refractivity contribution in [2.24, 2.45) is 10.8 Å². The first-order chi connectivity index (χ1) is 14.7. The van der Waals surface area contributed by atoms with Crippen LogP contribution in [0.25, 0.3) is 0 Å². The fourth-order valence-corrected chi connectivity index (χ4v) is 6.13. The van der Waals surface area contributed by atoms with Crippen LogP contribution in [0.15, 0.2) is 48.5 Å². The maximum absolute atomic E-state index is 13.3. The van der Waals surface area contributed by atoms with Crippen molar-refractivity contribution in [3.8, 4) is 5.75 Å². The van der Waals surface area contributed by atoms with Crippen molar-refractivity contribution in [1.29, 1.82) is 0 Å². The van der Waals surface area contributed by atoms with Crippen LogP contribution in [0.2, 0.25) is 0 Å². The molecule has 0 radical (unpaired) electrons. The molecule has 2 aliphatic heterocycles. The van der Waals surface area contributed by atoms with Crippen LogP contribution in [0.3, 0.4) is 0 Å². The fourth-order valence-electron chi connectivity index (χ4n) is 6.13. The highest BCUT2D eigenvalue weighted by Crippen LogP contribution is 2.52. The highest BCUT2D eigenvalue weighted by Gasteiger charge is 2.51. The van der Waals surface area contributed by atoms with Crippen molar-refractivity contribution < 1.29 is 14.3 Å². The quantitative estimate of drug-likeness (QED) is 0.729. The third-order valence-electron chi connectivity index (χ3n) is 7.03. The monoisotopic (exact) mass is 418 g/mol. The van der Waals surface area contributed by atoms with E-state index in [0.717, 1.165) is 42.0 Å². The van der Waals surface area contributed by atoms with E-state index in [1.807, 2.05) is 48.5 Å². The molecule has 1 aliphatic carbocycles. The Morgan fingerprint density at radius 2 is 1.81 bits per heavy atom. The highest BCUT2D eigenvalue weighted by atomic mass is 16.5. The van der Waals surface area contributed by atoms with Crippen LogP contribution in [0, 0.1) is 10.8 Å². The first kappa shape index (κ1) is 20.1. The number of nitrogens with zero attached hydrogens (tertiary/aromatic N) is 2. The Hall–Kier alpha value is -2.82. The summed E-state index contributed by atoms with van der Waals surface area (Å²) >= 11 is 0. The maximum atomic E-state index is 13.3. The van der Waals surface area contributed by atoms with E-state index >= 15 is 0 Å². The van der Waals surface area contributed by atoms with E-state index in [-0.39, 0.29) is 29.3 Å². The number of carbonyl (C=O) groups excluding carboxylic acids is 2. The van der Waals surface area contributed by atoms with Gasteiger partial charge in [0.05, 0.1) is 12.2 Å². The average molecular weight is 419 g/mol. The molecule has 0 spiro atoms. The van der Waals surface area contributed by atoms with Crippen molar-refractivity contribution >= 4 is 17.5 Å². The molecule has 1 saturated heterocycles. The van der Waals surface area contributed by atoms with Gasteiger partial charge in [0.1, 0.15) is 5.75 Å². The second-order valence-corrected chi connectivity index (χ2v) is 10.6. The summed E-state index contributed by atoms with van der Waals surface area (Å²) in [5.74, 6) is 0.801. The van der Waals surface area contributed by atoms with Crippen molar-refractivity contribution in [3.63, 3.8) is 0 Å². The lowest BCUT2D eigenvalue weighted by Crippen LogP contribution is -2.38. The maximum Gasteiger partial charge on any atom is 0.265 e. The van der Waals surface area contributed by atoms with Gasteiger partial charge in [-0.15, -0.1) is 0 Å². The van der Waals surface area contributed by atoms with Crippen LogP contribution < -0.4 is 9.64 Å². The minimum Gasteiger partial charge on any atom is -0.482 e. The highest BCUT2D eigenvalue weighted by molar-refractivity contribution is 5.98. The molecule has 2 fully saturated rings. The summed E-state index contributed by atoms with van der Waals surface area (Å²) in [6.07, 6.45) is 3.36. The van der Waals surface area contributed by atoms with Gasteiger partial charge in [-0.05, 0) is 59.9 Å².